The molecule has 1 aliphatic rings. The highest BCUT2D eigenvalue weighted by molar-refractivity contribution is 6.76. The fourth-order valence-electron chi connectivity index (χ4n) is 2.84. The molecule has 1 aromatic rings. The zero-order chi connectivity index (χ0) is 21.4. The summed E-state index contributed by atoms with van der Waals surface area (Å²) in [4.78, 5) is 11.4. The summed E-state index contributed by atoms with van der Waals surface area (Å²) in [5.41, 5.74) is 0.903. The van der Waals surface area contributed by atoms with Gasteiger partial charge in [0.1, 0.15) is 36.9 Å². The van der Waals surface area contributed by atoms with Crippen LogP contribution in [-0.4, -0.2) is 74.1 Å². The summed E-state index contributed by atoms with van der Waals surface area (Å²) in [6, 6.07) is 10.3. The van der Waals surface area contributed by atoms with Crippen LogP contribution in [-0.2, 0) is 30.3 Å². The minimum absolute atomic E-state index is 0.204. The predicted molar refractivity (Wildman–Crippen MR) is 111 cm³/mol. The molecule has 0 unspecified atom stereocenters. The Kier molecular flexibility index (Phi) is 9.54. The molecule has 1 aliphatic heterocycles. The number of hydrogen-bond donors (Lipinski definition) is 2. The number of aliphatic hydroxyl groups excluding tert-OH is 2. The van der Waals surface area contributed by atoms with Gasteiger partial charge in [0.05, 0.1) is 6.61 Å². The lowest BCUT2D eigenvalue weighted by Crippen LogP contribution is -2.60. The van der Waals surface area contributed by atoms with Gasteiger partial charge in [-0.25, -0.2) is 0 Å². The Balaban J connectivity index is 2.04. The first-order valence-electron chi connectivity index (χ1n) is 9.71. The topological polar surface area (TPSA) is 94.5 Å². The van der Waals surface area contributed by atoms with Gasteiger partial charge in [0, 0.05) is 14.7 Å². The molecule has 29 heavy (non-hydrogen) atoms. The molecule has 0 spiro atoms. The number of hydrogen-bond acceptors (Lipinski definition) is 7. The molecule has 7 nitrogen and oxygen atoms in total. The standard InChI is InChI=1S/C20H31ClO7Si/c1-29(2,3)10-9-25-20-18(24)19(27-12-14-7-5-4-6-8-14)17(23)15(28-20)13-26-16(22)11-21/h4-8,15,17-20,23-24H,9-13H2,1-3H3/t15-,17+,18-,19+,20-/m1/s1. The van der Waals surface area contributed by atoms with Crippen LogP contribution in [0.5, 0.6) is 0 Å². The van der Waals surface area contributed by atoms with Crippen LogP contribution in [0.4, 0.5) is 0 Å². The summed E-state index contributed by atoms with van der Waals surface area (Å²) < 4.78 is 22.3. The Morgan fingerprint density at radius 3 is 2.45 bits per heavy atom. The highest BCUT2D eigenvalue weighted by atomic mass is 35.5. The van der Waals surface area contributed by atoms with Gasteiger partial charge in [-0.2, -0.15) is 0 Å². The zero-order valence-electron chi connectivity index (χ0n) is 17.1. The number of rotatable bonds is 10. The van der Waals surface area contributed by atoms with E-state index in [0.717, 1.165) is 11.6 Å². The summed E-state index contributed by atoms with van der Waals surface area (Å²) in [6.45, 7) is 7.08. The first-order chi connectivity index (χ1) is 13.7. The van der Waals surface area contributed by atoms with E-state index in [0.29, 0.717) is 6.61 Å². The Labute approximate surface area is 177 Å². The van der Waals surface area contributed by atoms with E-state index in [1.54, 1.807) is 0 Å². The van der Waals surface area contributed by atoms with Crippen molar-refractivity contribution >= 4 is 25.6 Å². The molecule has 1 aromatic carbocycles. The average molecular weight is 447 g/mol. The van der Waals surface area contributed by atoms with E-state index >= 15 is 0 Å². The fourth-order valence-corrected chi connectivity index (χ4v) is 3.64. The van der Waals surface area contributed by atoms with E-state index in [9.17, 15) is 15.0 Å². The molecule has 0 amide bonds. The van der Waals surface area contributed by atoms with Crippen molar-refractivity contribution in [2.24, 2.45) is 0 Å². The van der Waals surface area contributed by atoms with Crippen LogP contribution in [0.25, 0.3) is 0 Å². The van der Waals surface area contributed by atoms with Gasteiger partial charge in [0.2, 0.25) is 0 Å². The molecule has 2 N–H and O–H groups in total. The highest BCUT2D eigenvalue weighted by Gasteiger charge is 2.46. The minimum Gasteiger partial charge on any atom is -0.462 e. The van der Waals surface area contributed by atoms with E-state index in [4.69, 9.17) is 30.5 Å². The molecule has 9 heteroatoms. The molecular formula is C20H31ClO7Si. The monoisotopic (exact) mass is 446 g/mol. The number of esters is 1. The third kappa shape index (κ3) is 7.97. The largest absolute Gasteiger partial charge is 0.462 e. The van der Waals surface area contributed by atoms with Gasteiger partial charge in [0.15, 0.2) is 6.29 Å². The summed E-state index contributed by atoms with van der Waals surface area (Å²) >= 11 is 5.45. The number of ether oxygens (including phenoxy) is 4. The molecule has 0 aliphatic carbocycles. The third-order valence-corrected chi connectivity index (χ3v) is 6.50. The van der Waals surface area contributed by atoms with Crippen LogP contribution >= 0.6 is 11.6 Å². The van der Waals surface area contributed by atoms with E-state index in [-0.39, 0.29) is 19.1 Å². The van der Waals surface area contributed by atoms with Gasteiger partial charge < -0.3 is 29.2 Å². The molecular weight excluding hydrogens is 416 g/mol. The van der Waals surface area contributed by atoms with E-state index in [1.165, 1.54) is 0 Å². The maximum atomic E-state index is 11.4. The first kappa shape index (κ1) is 24.3. The second-order valence-corrected chi connectivity index (χ2v) is 14.2. The molecule has 164 valence electrons. The molecule has 0 saturated carbocycles. The Hall–Kier alpha value is -1.00. The predicted octanol–water partition coefficient (Wildman–Crippen LogP) is 2.16. The van der Waals surface area contributed by atoms with Gasteiger partial charge in [0.25, 0.3) is 0 Å². The van der Waals surface area contributed by atoms with Crippen LogP contribution in [0, 0.1) is 0 Å². The van der Waals surface area contributed by atoms with Crippen LogP contribution in [0.15, 0.2) is 30.3 Å². The summed E-state index contributed by atoms with van der Waals surface area (Å²) in [5, 5.41) is 21.3. The lowest BCUT2D eigenvalue weighted by Gasteiger charge is -2.42. The average Bonchev–Trinajstić information content (AvgIpc) is 2.68. The second kappa shape index (κ2) is 11.4. The number of aliphatic hydroxyl groups is 2. The summed E-state index contributed by atoms with van der Waals surface area (Å²) in [7, 11) is -1.33. The zero-order valence-corrected chi connectivity index (χ0v) is 18.9. The smallest absolute Gasteiger partial charge is 0.320 e. The minimum atomic E-state index is -1.33. The van der Waals surface area contributed by atoms with Crippen molar-refractivity contribution in [3.05, 3.63) is 35.9 Å². The van der Waals surface area contributed by atoms with Crippen molar-refractivity contribution in [1.82, 2.24) is 0 Å². The molecule has 1 saturated heterocycles. The van der Waals surface area contributed by atoms with Gasteiger partial charge >= 0.3 is 5.97 Å². The van der Waals surface area contributed by atoms with Gasteiger partial charge in [-0.1, -0.05) is 50.0 Å². The SMILES string of the molecule is C[Si](C)(C)CCO[C@@H]1O[C@H](COC(=O)CCl)[C@H](O)[C@H](OCc2ccccc2)[C@H]1O. The second-order valence-electron chi connectivity index (χ2n) is 8.28. The molecule has 0 aromatic heterocycles. The van der Waals surface area contributed by atoms with Crippen LogP contribution < -0.4 is 0 Å². The highest BCUT2D eigenvalue weighted by Crippen LogP contribution is 2.26. The molecule has 1 heterocycles. The van der Waals surface area contributed by atoms with Crippen molar-refractivity contribution in [3.8, 4) is 0 Å². The molecule has 2 rings (SSSR count). The van der Waals surface area contributed by atoms with Crippen molar-refractivity contribution in [2.75, 3.05) is 19.1 Å². The first-order valence-corrected chi connectivity index (χ1v) is 14.0. The van der Waals surface area contributed by atoms with Crippen LogP contribution in [0.2, 0.25) is 25.7 Å². The molecule has 0 radical (unpaired) electrons. The van der Waals surface area contributed by atoms with Crippen molar-refractivity contribution in [2.45, 2.75) is 63.0 Å². The van der Waals surface area contributed by atoms with Crippen molar-refractivity contribution in [1.29, 1.82) is 0 Å². The lowest BCUT2D eigenvalue weighted by molar-refractivity contribution is -0.308. The maximum Gasteiger partial charge on any atom is 0.320 e. The molecule has 0 bridgehead atoms. The van der Waals surface area contributed by atoms with Crippen LogP contribution in [0.1, 0.15) is 5.56 Å². The molecule has 1 fully saturated rings. The van der Waals surface area contributed by atoms with Crippen molar-refractivity contribution in [3.63, 3.8) is 0 Å². The lowest BCUT2D eigenvalue weighted by atomic mass is 9.99. The van der Waals surface area contributed by atoms with E-state index in [2.05, 4.69) is 19.6 Å². The Morgan fingerprint density at radius 2 is 1.83 bits per heavy atom. The molecule has 5 atom stereocenters. The number of carbonyl (C=O) groups is 1. The number of halogens is 1. The van der Waals surface area contributed by atoms with E-state index < -0.39 is 44.7 Å². The number of carbonyl (C=O) groups excluding carboxylic acids is 1. The quantitative estimate of drug-likeness (QED) is 0.323. The Morgan fingerprint density at radius 1 is 1.14 bits per heavy atom. The van der Waals surface area contributed by atoms with Gasteiger partial charge in [-0.05, 0) is 11.6 Å². The van der Waals surface area contributed by atoms with Gasteiger partial charge in [-0.15, -0.1) is 11.6 Å². The fraction of sp³-hybridized carbons (Fsp3) is 0.650. The maximum absolute atomic E-state index is 11.4. The normalized spacial score (nSPS) is 27.6. The summed E-state index contributed by atoms with van der Waals surface area (Å²) in [5.74, 6) is -0.915. The number of benzene rings is 1. The van der Waals surface area contributed by atoms with Gasteiger partial charge in [-0.3, -0.25) is 4.79 Å². The number of alkyl halides is 1. The van der Waals surface area contributed by atoms with Crippen LogP contribution in [0.3, 0.4) is 0 Å². The Bertz CT molecular complexity index is 625. The van der Waals surface area contributed by atoms with Crippen molar-refractivity contribution < 1.29 is 34.0 Å². The summed E-state index contributed by atoms with van der Waals surface area (Å²) in [6.07, 6.45) is -5.23. The third-order valence-electron chi connectivity index (χ3n) is 4.58. The van der Waals surface area contributed by atoms with E-state index in [1.807, 2.05) is 30.3 Å².